The van der Waals surface area contributed by atoms with Crippen LogP contribution in [0.3, 0.4) is 0 Å². The SMILES string of the molecule is C[C@H](N)C(=O)OCCOc1ccc(-c2c(C#N)c(SCc3csc(-c4ccc(Cl)cc4)n3)nc(N3CCC3)c2C#N)cc1. The number of benzene rings is 2. The van der Waals surface area contributed by atoms with Crippen molar-refractivity contribution in [3.8, 4) is 39.6 Å². The predicted octanol–water partition coefficient (Wildman–Crippen LogP) is 6.04. The van der Waals surface area contributed by atoms with Crippen molar-refractivity contribution in [2.24, 2.45) is 5.73 Å². The molecule has 1 aliphatic rings. The Morgan fingerprint density at radius 2 is 1.77 bits per heavy atom. The number of nitrogens with zero attached hydrogens (tertiary/aromatic N) is 5. The monoisotopic (exact) mass is 630 g/mol. The van der Waals surface area contributed by atoms with E-state index >= 15 is 0 Å². The highest BCUT2D eigenvalue weighted by Crippen LogP contribution is 2.40. The Balaban J connectivity index is 1.40. The molecule has 2 N–H and O–H groups in total. The van der Waals surface area contributed by atoms with Gasteiger partial charge in [-0.25, -0.2) is 9.97 Å². The minimum atomic E-state index is -0.694. The van der Waals surface area contributed by atoms with Crippen molar-refractivity contribution >= 4 is 46.5 Å². The van der Waals surface area contributed by atoms with Crippen LogP contribution in [-0.4, -0.2) is 48.3 Å². The Kier molecular flexibility index (Phi) is 9.80. The maximum absolute atomic E-state index is 11.5. The number of ether oxygens (including phenoxy) is 2. The molecule has 0 aliphatic carbocycles. The molecule has 1 aliphatic heterocycles. The second kappa shape index (κ2) is 13.9. The number of esters is 1. The van der Waals surface area contributed by atoms with Gasteiger partial charge in [-0.05, 0) is 43.2 Å². The number of hydrogen-bond acceptors (Lipinski definition) is 11. The first-order chi connectivity index (χ1) is 20.9. The highest BCUT2D eigenvalue weighted by molar-refractivity contribution is 7.98. The van der Waals surface area contributed by atoms with Gasteiger partial charge >= 0.3 is 5.97 Å². The summed E-state index contributed by atoms with van der Waals surface area (Å²) in [6.07, 6.45) is 1.02. The number of halogens is 1. The third-order valence-electron chi connectivity index (χ3n) is 6.63. The minimum Gasteiger partial charge on any atom is -0.490 e. The second-order valence-electron chi connectivity index (χ2n) is 9.70. The summed E-state index contributed by atoms with van der Waals surface area (Å²) >= 11 is 9.00. The maximum atomic E-state index is 11.5. The van der Waals surface area contributed by atoms with E-state index in [0.29, 0.717) is 49.6 Å². The van der Waals surface area contributed by atoms with Crippen LogP contribution in [0.25, 0.3) is 21.7 Å². The van der Waals surface area contributed by atoms with Crippen molar-refractivity contribution in [2.75, 3.05) is 31.2 Å². The first-order valence-electron chi connectivity index (χ1n) is 13.5. The lowest BCUT2D eigenvalue weighted by atomic mass is 9.96. The van der Waals surface area contributed by atoms with Crippen LogP contribution in [0.5, 0.6) is 5.75 Å². The fourth-order valence-electron chi connectivity index (χ4n) is 4.30. The van der Waals surface area contributed by atoms with E-state index < -0.39 is 12.0 Å². The summed E-state index contributed by atoms with van der Waals surface area (Å²) in [7, 11) is 0. The molecule has 0 bridgehead atoms. The van der Waals surface area contributed by atoms with Crippen LogP contribution >= 0.6 is 34.7 Å². The van der Waals surface area contributed by atoms with Crippen molar-refractivity contribution in [2.45, 2.75) is 30.2 Å². The first-order valence-corrected chi connectivity index (χ1v) is 15.7. The number of nitrogens with two attached hydrogens (primary N) is 1. The van der Waals surface area contributed by atoms with Crippen LogP contribution in [-0.2, 0) is 15.3 Å². The van der Waals surface area contributed by atoms with Crippen LogP contribution in [0.2, 0.25) is 5.02 Å². The van der Waals surface area contributed by atoms with E-state index in [2.05, 4.69) is 17.0 Å². The molecule has 0 amide bonds. The van der Waals surface area contributed by atoms with E-state index in [1.54, 1.807) is 30.4 Å². The zero-order valence-corrected chi connectivity index (χ0v) is 25.6. The Labute approximate surface area is 262 Å². The van der Waals surface area contributed by atoms with Gasteiger partial charge in [0.1, 0.15) is 58.6 Å². The molecule has 1 atom stereocenters. The molecule has 0 spiro atoms. The van der Waals surface area contributed by atoms with Gasteiger partial charge in [0.25, 0.3) is 0 Å². The Morgan fingerprint density at radius 1 is 1.07 bits per heavy atom. The van der Waals surface area contributed by atoms with Gasteiger partial charge in [-0.2, -0.15) is 10.5 Å². The van der Waals surface area contributed by atoms with Gasteiger partial charge in [-0.15, -0.1) is 11.3 Å². The molecular weight excluding hydrogens is 604 g/mol. The zero-order chi connectivity index (χ0) is 30.3. The lowest BCUT2D eigenvalue weighted by Crippen LogP contribution is -2.38. The molecule has 9 nitrogen and oxygen atoms in total. The largest absolute Gasteiger partial charge is 0.490 e. The summed E-state index contributed by atoms with van der Waals surface area (Å²) in [6.45, 7) is 3.39. The molecule has 5 rings (SSSR count). The minimum absolute atomic E-state index is 0.0730. The summed E-state index contributed by atoms with van der Waals surface area (Å²) in [5, 5.41) is 24.6. The van der Waals surface area contributed by atoms with Crippen LogP contribution in [0.1, 0.15) is 30.2 Å². The predicted molar refractivity (Wildman–Crippen MR) is 168 cm³/mol. The quantitative estimate of drug-likeness (QED) is 0.118. The zero-order valence-electron chi connectivity index (χ0n) is 23.2. The van der Waals surface area contributed by atoms with Gasteiger partial charge in [-0.3, -0.25) is 4.79 Å². The number of rotatable bonds is 11. The number of pyridine rings is 1. The van der Waals surface area contributed by atoms with Gasteiger partial charge in [0.2, 0.25) is 0 Å². The topological polar surface area (TPSA) is 138 Å². The number of carbonyl (C=O) groups excluding carboxylic acids is 1. The summed E-state index contributed by atoms with van der Waals surface area (Å²) in [5.74, 6) is 1.16. The third kappa shape index (κ3) is 7.10. The number of hydrogen-bond donors (Lipinski definition) is 1. The number of thiazole rings is 1. The Hall–Kier alpha value is -4.13. The van der Waals surface area contributed by atoms with Crippen LogP contribution in [0.15, 0.2) is 58.9 Å². The first kappa shape index (κ1) is 30.3. The van der Waals surface area contributed by atoms with E-state index in [1.165, 1.54) is 11.8 Å². The van der Waals surface area contributed by atoms with Crippen LogP contribution in [0.4, 0.5) is 5.82 Å². The molecule has 0 radical (unpaired) electrons. The molecule has 1 saturated heterocycles. The molecule has 0 unspecified atom stereocenters. The summed E-state index contributed by atoms with van der Waals surface area (Å²) in [6, 6.07) is 18.6. The van der Waals surface area contributed by atoms with E-state index in [-0.39, 0.29) is 13.2 Å². The highest BCUT2D eigenvalue weighted by Gasteiger charge is 2.27. The standard InChI is InChI=1S/C31H27ClN6O3S2/c1-19(35)31(39)41-14-13-40-24-9-5-20(6-10-24)27-25(15-33)28(38-11-2-12-38)37-30(26(27)16-34)43-18-23-17-42-29(36-23)21-3-7-22(32)8-4-21/h3-10,17,19H,2,11-14,18,35H2,1H3/t19-/m0/s1. The molecule has 43 heavy (non-hydrogen) atoms. The average molecular weight is 631 g/mol. The van der Waals surface area contributed by atoms with Gasteiger partial charge < -0.3 is 20.1 Å². The van der Waals surface area contributed by atoms with Crippen molar-refractivity contribution in [3.05, 3.63) is 75.8 Å². The molecule has 1 fully saturated rings. The number of aromatic nitrogens is 2. The van der Waals surface area contributed by atoms with E-state index in [9.17, 15) is 15.3 Å². The van der Waals surface area contributed by atoms with Gasteiger partial charge in [0.05, 0.1) is 11.3 Å². The fourth-order valence-corrected chi connectivity index (χ4v) is 6.24. The number of carbonyl (C=O) groups is 1. The van der Waals surface area contributed by atoms with Gasteiger partial charge in [-0.1, -0.05) is 47.6 Å². The second-order valence-corrected chi connectivity index (χ2v) is 12.0. The molecule has 12 heteroatoms. The van der Waals surface area contributed by atoms with Crippen molar-refractivity contribution in [1.82, 2.24) is 9.97 Å². The molecule has 2 aromatic heterocycles. The average Bonchev–Trinajstić information content (AvgIpc) is 3.46. The summed E-state index contributed by atoms with van der Waals surface area (Å²) in [4.78, 5) is 23.2. The molecule has 2 aromatic carbocycles. The third-order valence-corrected chi connectivity index (χ3v) is 8.84. The number of nitriles is 2. The Bertz CT molecular complexity index is 1690. The van der Waals surface area contributed by atoms with Crippen LogP contribution < -0.4 is 15.4 Å². The van der Waals surface area contributed by atoms with Crippen molar-refractivity contribution < 1.29 is 14.3 Å². The molecule has 218 valence electrons. The van der Waals surface area contributed by atoms with E-state index in [0.717, 1.165) is 35.8 Å². The van der Waals surface area contributed by atoms with E-state index in [4.69, 9.17) is 36.8 Å². The van der Waals surface area contributed by atoms with E-state index in [1.807, 2.05) is 41.8 Å². The molecular formula is C31H27ClN6O3S2. The lowest BCUT2D eigenvalue weighted by molar-refractivity contribution is -0.145. The smallest absolute Gasteiger partial charge is 0.322 e. The highest BCUT2D eigenvalue weighted by atomic mass is 35.5. The van der Waals surface area contributed by atoms with Gasteiger partial charge in [0.15, 0.2) is 0 Å². The molecule has 3 heterocycles. The normalized spacial score (nSPS) is 13.0. The number of thioether (sulfide) groups is 1. The summed E-state index contributed by atoms with van der Waals surface area (Å²) in [5.41, 5.74) is 9.32. The molecule has 4 aromatic rings. The summed E-state index contributed by atoms with van der Waals surface area (Å²) < 4.78 is 10.7. The lowest BCUT2D eigenvalue weighted by Gasteiger charge is -2.33. The fraction of sp³-hybridized carbons (Fsp3) is 0.258. The van der Waals surface area contributed by atoms with Gasteiger partial charge in [0, 0.05) is 40.4 Å². The number of anilines is 1. The Morgan fingerprint density at radius 3 is 2.40 bits per heavy atom. The van der Waals surface area contributed by atoms with Crippen LogP contribution in [0, 0.1) is 22.7 Å². The molecule has 0 saturated carbocycles. The van der Waals surface area contributed by atoms with Crippen molar-refractivity contribution in [3.63, 3.8) is 0 Å². The maximum Gasteiger partial charge on any atom is 0.322 e. The van der Waals surface area contributed by atoms with Crippen molar-refractivity contribution in [1.29, 1.82) is 10.5 Å².